The Bertz CT molecular complexity index is 669. The molecule has 1 N–H and O–H groups in total. The maximum atomic E-state index is 9.62. The van der Waals surface area contributed by atoms with E-state index < -0.39 is 6.10 Å². The molecule has 0 saturated carbocycles. The maximum Gasteiger partial charge on any atom is 0.119 e. The van der Waals surface area contributed by atoms with Crippen LogP contribution in [0.5, 0.6) is 11.5 Å². The van der Waals surface area contributed by atoms with Gasteiger partial charge >= 0.3 is 0 Å². The van der Waals surface area contributed by atoms with Crippen LogP contribution >= 0.6 is 0 Å². The first-order valence-corrected chi connectivity index (χ1v) is 10.3. The zero-order chi connectivity index (χ0) is 20.2. The molecule has 2 unspecified atom stereocenters. The molecule has 2 atom stereocenters. The van der Waals surface area contributed by atoms with Crippen LogP contribution in [-0.2, 0) is 17.6 Å². The first-order chi connectivity index (χ1) is 13.6. The highest BCUT2D eigenvalue weighted by molar-refractivity contribution is 5.29. The molecule has 0 aliphatic carbocycles. The smallest absolute Gasteiger partial charge is 0.119 e. The zero-order valence-corrected chi connectivity index (χ0v) is 17.4. The second-order valence-electron chi connectivity index (χ2n) is 7.09. The molecule has 0 heterocycles. The van der Waals surface area contributed by atoms with E-state index in [2.05, 4.69) is 24.3 Å². The Hall–Kier alpha value is -2.04. The Morgan fingerprint density at radius 3 is 2.29 bits per heavy atom. The molecule has 0 radical (unpaired) electrons. The third-order valence-corrected chi connectivity index (χ3v) is 4.60. The standard InChI is InChI=1S/C24H34O4/c1-4-22(25)18-28-24-11-7-10-21(16-24)9-6-8-20-12-14-23(15-13-20)27-17-19(3)26-5-2/h7,10-16,19,22,25H,4-6,8-9,17-18H2,1-3H3. The molecule has 4 heteroatoms. The lowest BCUT2D eigenvalue weighted by molar-refractivity contribution is 0.0402. The fraction of sp³-hybridized carbons (Fsp3) is 0.500. The van der Waals surface area contributed by atoms with E-state index in [0.717, 1.165) is 30.8 Å². The van der Waals surface area contributed by atoms with Gasteiger partial charge in [0.2, 0.25) is 0 Å². The van der Waals surface area contributed by atoms with Gasteiger partial charge < -0.3 is 19.3 Å². The van der Waals surface area contributed by atoms with Crippen molar-refractivity contribution in [3.63, 3.8) is 0 Å². The van der Waals surface area contributed by atoms with Crippen molar-refractivity contribution in [1.82, 2.24) is 0 Å². The van der Waals surface area contributed by atoms with Crippen LogP contribution in [0.25, 0.3) is 0 Å². The normalized spacial score (nSPS) is 13.1. The van der Waals surface area contributed by atoms with Crippen molar-refractivity contribution < 1.29 is 19.3 Å². The second kappa shape index (κ2) is 12.4. The summed E-state index contributed by atoms with van der Waals surface area (Å²) in [4.78, 5) is 0. The summed E-state index contributed by atoms with van der Waals surface area (Å²) >= 11 is 0. The Labute approximate surface area is 169 Å². The van der Waals surface area contributed by atoms with Gasteiger partial charge in [0, 0.05) is 6.61 Å². The van der Waals surface area contributed by atoms with Crippen molar-refractivity contribution >= 4 is 0 Å². The minimum Gasteiger partial charge on any atom is -0.491 e. The van der Waals surface area contributed by atoms with Crippen LogP contribution in [0, 0.1) is 0 Å². The molecule has 2 aromatic rings. The summed E-state index contributed by atoms with van der Waals surface area (Å²) in [6.07, 6.45) is 3.50. The third kappa shape index (κ3) is 8.32. The minimum absolute atomic E-state index is 0.106. The summed E-state index contributed by atoms with van der Waals surface area (Å²) in [6, 6.07) is 16.5. The zero-order valence-electron chi connectivity index (χ0n) is 17.4. The molecule has 0 saturated heterocycles. The highest BCUT2D eigenvalue weighted by atomic mass is 16.5. The van der Waals surface area contributed by atoms with Crippen molar-refractivity contribution in [3.05, 3.63) is 59.7 Å². The van der Waals surface area contributed by atoms with E-state index in [9.17, 15) is 5.11 Å². The fourth-order valence-electron chi connectivity index (χ4n) is 2.90. The molecule has 4 nitrogen and oxygen atoms in total. The molecule has 0 fully saturated rings. The van der Waals surface area contributed by atoms with Gasteiger partial charge in [-0.2, -0.15) is 0 Å². The van der Waals surface area contributed by atoms with Gasteiger partial charge in [-0.15, -0.1) is 0 Å². The minimum atomic E-state index is -0.405. The Balaban J connectivity index is 1.74. The van der Waals surface area contributed by atoms with Crippen LogP contribution in [0.15, 0.2) is 48.5 Å². The largest absolute Gasteiger partial charge is 0.491 e. The molecule has 28 heavy (non-hydrogen) atoms. The summed E-state index contributed by atoms with van der Waals surface area (Å²) in [5, 5.41) is 9.62. The Morgan fingerprint density at radius 2 is 1.57 bits per heavy atom. The number of hydrogen-bond acceptors (Lipinski definition) is 4. The van der Waals surface area contributed by atoms with Gasteiger partial charge in [-0.3, -0.25) is 0 Å². The van der Waals surface area contributed by atoms with Gasteiger partial charge in [0.05, 0.1) is 12.2 Å². The van der Waals surface area contributed by atoms with Crippen LogP contribution < -0.4 is 9.47 Å². The second-order valence-corrected chi connectivity index (χ2v) is 7.09. The molecule has 154 valence electrons. The predicted molar refractivity (Wildman–Crippen MR) is 113 cm³/mol. The molecular formula is C24H34O4. The number of ether oxygens (including phenoxy) is 3. The van der Waals surface area contributed by atoms with Gasteiger partial charge in [-0.05, 0) is 74.9 Å². The first-order valence-electron chi connectivity index (χ1n) is 10.3. The van der Waals surface area contributed by atoms with E-state index in [-0.39, 0.29) is 6.10 Å². The predicted octanol–water partition coefficient (Wildman–Crippen LogP) is 4.82. The molecular weight excluding hydrogens is 352 g/mol. The highest BCUT2D eigenvalue weighted by Crippen LogP contribution is 2.18. The van der Waals surface area contributed by atoms with Gasteiger partial charge in [-0.1, -0.05) is 31.2 Å². The van der Waals surface area contributed by atoms with Gasteiger partial charge in [0.15, 0.2) is 0 Å². The molecule has 2 aromatic carbocycles. The van der Waals surface area contributed by atoms with E-state index in [1.807, 2.05) is 45.0 Å². The van der Waals surface area contributed by atoms with Gasteiger partial charge in [0.1, 0.15) is 24.7 Å². The number of benzene rings is 2. The van der Waals surface area contributed by atoms with Gasteiger partial charge in [-0.25, -0.2) is 0 Å². The van der Waals surface area contributed by atoms with Crippen molar-refractivity contribution in [2.75, 3.05) is 19.8 Å². The summed E-state index contributed by atoms with van der Waals surface area (Å²) in [6.45, 7) is 7.58. The van der Waals surface area contributed by atoms with Crippen LogP contribution in [0.3, 0.4) is 0 Å². The Kier molecular flexibility index (Phi) is 9.87. The lowest BCUT2D eigenvalue weighted by Gasteiger charge is -2.13. The molecule has 0 bridgehead atoms. The van der Waals surface area contributed by atoms with Crippen LogP contribution in [-0.4, -0.2) is 37.1 Å². The van der Waals surface area contributed by atoms with E-state index in [1.165, 1.54) is 11.1 Å². The fourth-order valence-corrected chi connectivity index (χ4v) is 2.90. The molecule has 0 aliphatic heterocycles. The molecule has 0 spiro atoms. The SMILES string of the molecule is CCOC(C)COc1ccc(CCCc2cccc(OCC(O)CC)c2)cc1. The number of aliphatic hydroxyl groups is 1. The van der Waals surface area contributed by atoms with E-state index in [1.54, 1.807) is 0 Å². The van der Waals surface area contributed by atoms with Crippen molar-refractivity contribution in [3.8, 4) is 11.5 Å². The van der Waals surface area contributed by atoms with Gasteiger partial charge in [0.25, 0.3) is 0 Å². The summed E-state index contributed by atoms with van der Waals surface area (Å²) < 4.78 is 16.9. The van der Waals surface area contributed by atoms with E-state index in [4.69, 9.17) is 14.2 Å². The number of rotatable bonds is 13. The van der Waals surface area contributed by atoms with Crippen LogP contribution in [0.4, 0.5) is 0 Å². The van der Waals surface area contributed by atoms with Crippen LogP contribution in [0.2, 0.25) is 0 Å². The third-order valence-electron chi connectivity index (χ3n) is 4.60. The number of hydrogen-bond donors (Lipinski definition) is 1. The lowest BCUT2D eigenvalue weighted by Crippen LogP contribution is -2.17. The summed E-state index contributed by atoms with van der Waals surface area (Å²) in [5.41, 5.74) is 2.57. The Morgan fingerprint density at radius 1 is 0.857 bits per heavy atom. The summed E-state index contributed by atoms with van der Waals surface area (Å²) in [7, 11) is 0. The average Bonchev–Trinajstić information content (AvgIpc) is 2.72. The van der Waals surface area contributed by atoms with Crippen LogP contribution in [0.1, 0.15) is 44.7 Å². The molecule has 2 rings (SSSR count). The highest BCUT2D eigenvalue weighted by Gasteiger charge is 2.04. The molecule has 0 aromatic heterocycles. The lowest BCUT2D eigenvalue weighted by atomic mass is 10.0. The molecule has 0 amide bonds. The quantitative estimate of drug-likeness (QED) is 0.536. The van der Waals surface area contributed by atoms with E-state index in [0.29, 0.717) is 26.2 Å². The van der Waals surface area contributed by atoms with E-state index >= 15 is 0 Å². The topological polar surface area (TPSA) is 47.9 Å². The molecule has 0 aliphatic rings. The number of aryl methyl sites for hydroxylation is 2. The summed E-state index contributed by atoms with van der Waals surface area (Å²) in [5.74, 6) is 1.71. The average molecular weight is 387 g/mol. The monoisotopic (exact) mass is 386 g/mol. The first kappa shape index (κ1) is 22.3. The van der Waals surface area contributed by atoms with Crippen molar-refractivity contribution in [2.45, 2.75) is 58.7 Å². The van der Waals surface area contributed by atoms with Crippen molar-refractivity contribution in [1.29, 1.82) is 0 Å². The maximum absolute atomic E-state index is 9.62. The number of aliphatic hydroxyl groups excluding tert-OH is 1. The van der Waals surface area contributed by atoms with Crippen molar-refractivity contribution in [2.24, 2.45) is 0 Å².